The molecule has 0 unspecified atom stereocenters. The van der Waals surface area contributed by atoms with Crippen LogP contribution in [0.3, 0.4) is 0 Å². The van der Waals surface area contributed by atoms with E-state index in [9.17, 15) is 14.4 Å². The number of thioether (sulfide) groups is 1. The van der Waals surface area contributed by atoms with Gasteiger partial charge in [0, 0.05) is 24.4 Å². The molecule has 32 heavy (non-hydrogen) atoms. The molecular weight excluding hydrogens is 430 g/mol. The molecule has 1 saturated heterocycles. The van der Waals surface area contributed by atoms with Crippen LogP contribution in [0.4, 0.5) is 11.4 Å². The summed E-state index contributed by atoms with van der Waals surface area (Å²) in [5.41, 5.74) is 1.38. The first kappa shape index (κ1) is 20.8. The quantitative estimate of drug-likeness (QED) is 0.766. The van der Waals surface area contributed by atoms with Crippen molar-refractivity contribution in [3.8, 4) is 5.75 Å². The molecule has 0 bridgehead atoms. The zero-order valence-electron chi connectivity index (χ0n) is 17.4. The number of benzene rings is 2. The molecule has 0 spiro atoms. The summed E-state index contributed by atoms with van der Waals surface area (Å²) in [5, 5.41) is 2.34. The molecule has 0 aliphatic carbocycles. The number of carbonyl (C=O) groups excluding carboxylic acids is 3. The molecule has 166 valence electrons. The molecule has 2 aromatic rings. The highest BCUT2D eigenvalue weighted by molar-refractivity contribution is 8.01. The van der Waals surface area contributed by atoms with E-state index in [0.29, 0.717) is 37.7 Å². The molecule has 0 aromatic heterocycles. The summed E-state index contributed by atoms with van der Waals surface area (Å²) in [7, 11) is 0. The van der Waals surface area contributed by atoms with Crippen LogP contribution in [0.1, 0.15) is 6.42 Å². The third-order valence-corrected chi connectivity index (χ3v) is 7.01. The Kier molecular flexibility index (Phi) is 5.75. The predicted octanol–water partition coefficient (Wildman–Crippen LogP) is 2.14. The van der Waals surface area contributed by atoms with Crippen LogP contribution < -0.4 is 15.0 Å². The average Bonchev–Trinajstić information content (AvgIpc) is 2.83. The maximum atomic E-state index is 13.4. The minimum atomic E-state index is -0.791. The van der Waals surface area contributed by atoms with Gasteiger partial charge < -0.3 is 24.6 Å². The van der Waals surface area contributed by atoms with Crippen LogP contribution in [0.2, 0.25) is 0 Å². The number of nitrogens with zero attached hydrogens (tertiary/aromatic N) is 2. The van der Waals surface area contributed by atoms with E-state index in [0.717, 1.165) is 10.6 Å². The van der Waals surface area contributed by atoms with Crippen molar-refractivity contribution in [1.82, 2.24) is 4.90 Å². The highest BCUT2D eigenvalue weighted by Gasteiger charge is 2.38. The molecule has 0 saturated carbocycles. The predicted molar refractivity (Wildman–Crippen MR) is 120 cm³/mol. The standard InChI is InChI=1S/C23H23N3O5S/c27-21(13-20-22(28)24-15-5-1-4-8-19(15)32-20)26-14-18(23(29)25-9-11-30-12-10-25)31-17-7-3-2-6-16(17)26/h1-8,18,20H,9-14H2,(H,24,28)/t18-,20-/m1/s1. The number of rotatable bonds is 3. The molecule has 3 aliphatic heterocycles. The highest BCUT2D eigenvalue weighted by atomic mass is 32.2. The topological polar surface area (TPSA) is 88.2 Å². The third kappa shape index (κ3) is 4.05. The fourth-order valence-electron chi connectivity index (χ4n) is 4.08. The van der Waals surface area contributed by atoms with Crippen molar-refractivity contribution in [3.05, 3.63) is 48.5 Å². The second-order valence-electron chi connectivity index (χ2n) is 7.81. The van der Waals surface area contributed by atoms with Crippen LogP contribution in [0, 0.1) is 0 Å². The van der Waals surface area contributed by atoms with Gasteiger partial charge in [0.05, 0.1) is 36.4 Å². The van der Waals surface area contributed by atoms with E-state index in [-0.39, 0.29) is 30.7 Å². The maximum absolute atomic E-state index is 13.4. The zero-order valence-corrected chi connectivity index (χ0v) is 18.2. The van der Waals surface area contributed by atoms with Crippen molar-refractivity contribution in [3.63, 3.8) is 0 Å². The van der Waals surface area contributed by atoms with Gasteiger partial charge in [0.25, 0.3) is 5.91 Å². The Morgan fingerprint density at radius 1 is 1.06 bits per heavy atom. The van der Waals surface area contributed by atoms with E-state index in [1.165, 1.54) is 11.8 Å². The first-order valence-corrected chi connectivity index (χ1v) is 11.5. The largest absolute Gasteiger partial charge is 0.476 e. The van der Waals surface area contributed by atoms with Gasteiger partial charge in [-0.05, 0) is 24.3 Å². The minimum Gasteiger partial charge on any atom is -0.476 e. The number of ether oxygens (including phenoxy) is 2. The number of hydrogen-bond donors (Lipinski definition) is 1. The molecule has 2 atom stereocenters. The van der Waals surface area contributed by atoms with Gasteiger partial charge >= 0.3 is 0 Å². The Bertz CT molecular complexity index is 1060. The lowest BCUT2D eigenvalue weighted by Gasteiger charge is -2.37. The van der Waals surface area contributed by atoms with E-state index < -0.39 is 11.4 Å². The van der Waals surface area contributed by atoms with Crippen molar-refractivity contribution in [2.75, 3.05) is 43.1 Å². The van der Waals surface area contributed by atoms with Crippen molar-refractivity contribution >= 4 is 40.9 Å². The Labute approximate surface area is 189 Å². The molecule has 3 amide bonds. The summed E-state index contributed by atoms with van der Waals surface area (Å²) in [6, 6.07) is 14.7. The molecule has 8 nitrogen and oxygen atoms in total. The molecular formula is C23H23N3O5S. The smallest absolute Gasteiger partial charge is 0.265 e. The van der Waals surface area contributed by atoms with E-state index >= 15 is 0 Å². The maximum Gasteiger partial charge on any atom is 0.265 e. The lowest BCUT2D eigenvalue weighted by Crippen LogP contribution is -2.54. The number of carbonyl (C=O) groups is 3. The summed E-state index contributed by atoms with van der Waals surface area (Å²) in [6.07, 6.45) is -0.766. The normalized spacial score (nSPS) is 22.3. The van der Waals surface area contributed by atoms with E-state index in [2.05, 4.69) is 5.32 Å². The Morgan fingerprint density at radius 2 is 1.81 bits per heavy atom. The first-order valence-electron chi connectivity index (χ1n) is 10.6. The summed E-state index contributed by atoms with van der Waals surface area (Å²) in [4.78, 5) is 43.2. The molecule has 1 N–H and O–H groups in total. The minimum absolute atomic E-state index is 0.0254. The number of fused-ring (bicyclic) bond motifs is 2. The Hall–Kier alpha value is -3.04. The molecule has 3 heterocycles. The highest BCUT2D eigenvalue weighted by Crippen LogP contribution is 2.38. The van der Waals surface area contributed by atoms with Gasteiger partial charge in [0.2, 0.25) is 11.8 Å². The van der Waals surface area contributed by atoms with Crippen LogP contribution in [-0.2, 0) is 19.1 Å². The van der Waals surface area contributed by atoms with E-state index in [4.69, 9.17) is 9.47 Å². The lowest BCUT2D eigenvalue weighted by molar-refractivity contribution is -0.142. The number of anilines is 2. The SMILES string of the molecule is O=C1Nc2ccccc2S[C@@H]1CC(=O)N1C[C@H](C(=O)N2CCOCC2)Oc2ccccc21. The van der Waals surface area contributed by atoms with Gasteiger partial charge in [-0.15, -0.1) is 11.8 Å². The van der Waals surface area contributed by atoms with Crippen LogP contribution in [0.5, 0.6) is 5.75 Å². The summed E-state index contributed by atoms with van der Waals surface area (Å²) in [5.74, 6) is -0.0683. The van der Waals surface area contributed by atoms with Crippen LogP contribution >= 0.6 is 11.8 Å². The number of para-hydroxylation sites is 3. The van der Waals surface area contributed by atoms with Crippen molar-refractivity contribution < 1.29 is 23.9 Å². The first-order chi connectivity index (χ1) is 15.6. The van der Waals surface area contributed by atoms with Crippen LogP contribution in [0.15, 0.2) is 53.4 Å². The molecule has 3 aliphatic rings. The Balaban J connectivity index is 1.35. The van der Waals surface area contributed by atoms with Gasteiger partial charge in [-0.3, -0.25) is 14.4 Å². The lowest BCUT2D eigenvalue weighted by atomic mass is 10.1. The van der Waals surface area contributed by atoms with E-state index in [1.54, 1.807) is 21.9 Å². The molecule has 9 heteroatoms. The van der Waals surface area contributed by atoms with Gasteiger partial charge in [-0.2, -0.15) is 0 Å². The second kappa shape index (κ2) is 8.84. The number of amides is 3. The van der Waals surface area contributed by atoms with E-state index in [1.807, 2.05) is 36.4 Å². The summed E-state index contributed by atoms with van der Waals surface area (Å²) >= 11 is 1.39. The number of morpholine rings is 1. The summed E-state index contributed by atoms with van der Waals surface area (Å²) < 4.78 is 11.3. The van der Waals surface area contributed by atoms with Crippen LogP contribution in [0.25, 0.3) is 0 Å². The third-order valence-electron chi connectivity index (χ3n) is 5.74. The fourth-order valence-corrected chi connectivity index (χ4v) is 5.18. The number of nitrogens with one attached hydrogen (secondary N) is 1. The monoisotopic (exact) mass is 453 g/mol. The van der Waals surface area contributed by atoms with Crippen molar-refractivity contribution in [2.24, 2.45) is 0 Å². The van der Waals surface area contributed by atoms with Crippen molar-refractivity contribution in [2.45, 2.75) is 22.7 Å². The zero-order chi connectivity index (χ0) is 22.1. The van der Waals surface area contributed by atoms with Gasteiger partial charge in [0.1, 0.15) is 5.75 Å². The van der Waals surface area contributed by atoms with Crippen molar-refractivity contribution in [1.29, 1.82) is 0 Å². The number of hydrogen-bond acceptors (Lipinski definition) is 6. The average molecular weight is 454 g/mol. The van der Waals surface area contributed by atoms with Gasteiger partial charge in [-0.25, -0.2) is 0 Å². The molecule has 2 aromatic carbocycles. The van der Waals surface area contributed by atoms with Gasteiger partial charge in [0.15, 0.2) is 6.10 Å². The van der Waals surface area contributed by atoms with Crippen LogP contribution in [-0.4, -0.2) is 66.8 Å². The molecule has 1 fully saturated rings. The molecule has 5 rings (SSSR count). The molecule has 0 radical (unpaired) electrons. The second-order valence-corrected chi connectivity index (χ2v) is 9.06. The Morgan fingerprint density at radius 3 is 2.66 bits per heavy atom. The summed E-state index contributed by atoms with van der Waals surface area (Å²) in [6.45, 7) is 2.11. The van der Waals surface area contributed by atoms with Gasteiger partial charge in [-0.1, -0.05) is 24.3 Å². The fraction of sp³-hybridized carbons (Fsp3) is 0.348.